The number of carbonyl (C=O) groups is 1. The molecule has 0 radical (unpaired) electrons. The number of hydrogen-bond acceptors (Lipinski definition) is 6. The zero-order valence-corrected chi connectivity index (χ0v) is 16.8. The molecule has 0 aliphatic carbocycles. The molecule has 3 aromatic rings. The van der Waals surface area contributed by atoms with Crippen molar-refractivity contribution in [2.24, 2.45) is 0 Å². The zero-order chi connectivity index (χ0) is 21.1. The van der Waals surface area contributed by atoms with Crippen molar-refractivity contribution in [3.05, 3.63) is 54.0 Å². The lowest BCUT2D eigenvalue weighted by Crippen LogP contribution is -2.41. The van der Waals surface area contributed by atoms with Crippen LogP contribution < -0.4 is 14.8 Å². The molecule has 156 valence electrons. The van der Waals surface area contributed by atoms with E-state index in [1.165, 1.54) is 18.3 Å². The van der Waals surface area contributed by atoms with E-state index in [-0.39, 0.29) is 5.91 Å². The van der Waals surface area contributed by atoms with Crippen LogP contribution in [-0.4, -0.2) is 56.3 Å². The van der Waals surface area contributed by atoms with E-state index in [2.05, 4.69) is 10.3 Å². The highest BCUT2D eigenvalue weighted by Crippen LogP contribution is 2.33. The number of methoxy groups -OCH3 is 2. The van der Waals surface area contributed by atoms with Gasteiger partial charge >= 0.3 is 0 Å². The summed E-state index contributed by atoms with van der Waals surface area (Å²) in [5.41, 5.74) is 2.05. The predicted molar refractivity (Wildman–Crippen MR) is 111 cm³/mol. The summed E-state index contributed by atoms with van der Waals surface area (Å²) in [6.07, 6.45) is 1.53. The summed E-state index contributed by atoms with van der Waals surface area (Å²) in [6.45, 7) is 1.95. The van der Waals surface area contributed by atoms with Gasteiger partial charge < -0.3 is 24.4 Å². The van der Waals surface area contributed by atoms with Crippen LogP contribution in [0.3, 0.4) is 0 Å². The highest BCUT2D eigenvalue weighted by molar-refractivity contribution is 6.08. The Hall–Kier alpha value is -3.39. The third-order valence-corrected chi connectivity index (χ3v) is 4.98. The van der Waals surface area contributed by atoms with Crippen LogP contribution in [0.2, 0.25) is 0 Å². The maximum Gasteiger partial charge on any atom is 0.257 e. The third kappa shape index (κ3) is 3.99. The minimum absolute atomic E-state index is 0.186. The van der Waals surface area contributed by atoms with Crippen LogP contribution in [0.1, 0.15) is 10.4 Å². The number of benzene rings is 2. The fourth-order valence-electron chi connectivity index (χ4n) is 3.42. The topological polar surface area (TPSA) is 72.9 Å². The van der Waals surface area contributed by atoms with E-state index in [4.69, 9.17) is 14.2 Å². The van der Waals surface area contributed by atoms with E-state index in [1.807, 2.05) is 0 Å². The second-order valence-electron chi connectivity index (χ2n) is 6.84. The molecule has 0 saturated carbocycles. The SMILES string of the molecule is COc1cc(Nc2c(C(=O)N3CCOCC3)cnc3ccc(F)cc23)cc(OC)c1. The first-order chi connectivity index (χ1) is 14.6. The number of hydrogen-bond donors (Lipinski definition) is 1. The maximum absolute atomic E-state index is 14.1. The van der Waals surface area contributed by atoms with Gasteiger partial charge in [-0.3, -0.25) is 9.78 Å². The molecule has 1 aliphatic rings. The average molecular weight is 411 g/mol. The molecular formula is C22H22FN3O4. The first-order valence-corrected chi connectivity index (χ1v) is 9.54. The van der Waals surface area contributed by atoms with Gasteiger partial charge in [0, 0.05) is 48.6 Å². The number of pyridine rings is 1. The Morgan fingerprint density at radius 1 is 1.10 bits per heavy atom. The minimum Gasteiger partial charge on any atom is -0.497 e. The van der Waals surface area contributed by atoms with Crippen LogP contribution >= 0.6 is 0 Å². The van der Waals surface area contributed by atoms with Crippen LogP contribution in [0.15, 0.2) is 42.6 Å². The third-order valence-electron chi connectivity index (χ3n) is 4.98. The lowest BCUT2D eigenvalue weighted by Gasteiger charge is -2.28. The highest BCUT2D eigenvalue weighted by atomic mass is 19.1. The van der Waals surface area contributed by atoms with Gasteiger partial charge in [-0.25, -0.2) is 4.39 Å². The Morgan fingerprint density at radius 2 is 1.80 bits per heavy atom. The van der Waals surface area contributed by atoms with E-state index in [1.54, 1.807) is 43.4 Å². The number of carbonyl (C=O) groups excluding carboxylic acids is 1. The van der Waals surface area contributed by atoms with Gasteiger partial charge in [-0.05, 0) is 18.2 Å². The molecule has 1 saturated heterocycles. The fourth-order valence-corrected chi connectivity index (χ4v) is 3.42. The number of halogens is 1. The maximum atomic E-state index is 14.1. The van der Waals surface area contributed by atoms with Crippen LogP contribution in [0, 0.1) is 5.82 Å². The molecule has 2 heterocycles. The summed E-state index contributed by atoms with van der Waals surface area (Å²) in [4.78, 5) is 19.3. The average Bonchev–Trinajstić information content (AvgIpc) is 2.79. The highest BCUT2D eigenvalue weighted by Gasteiger charge is 2.23. The number of rotatable bonds is 5. The van der Waals surface area contributed by atoms with Crippen molar-refractivity contribution in [2.45, 2.75) is 0 Å². The molecule has 7 nitrogen and oxygen atoms in total. The Labute approximate surface area is 173 Å². The summed E-state index contributed by atoms with van der Waals surface area (Å²) in [6, 6.07) is 9.60. The van der Waals surface area contributed by atoms with Crippen LogP contribution in [0.25, 0.3) is 10.9 Å². The molecule has 0 atom stereocenters. The second kappa shape index (κ2) is 8.54. The largest absolute Gasteiger partial charge is 0.497 e. The standard InChI is InChI=1S/C22H22FN3O4/c1-28-16-10-15(11-17(12-16)29-2)25-21-18-9-14(23)3-4-20(18)24-13-19(21)22(27)26-5-7-30-8-6-26/h3-4,9-13H,5-8H2,1-2H3,(H,24,25). The van der Waals surface area contributed by atoms with Gasteiger partial charge in [-0.1, -0.05) is 0 Å². The summed E-state index contributed by atoms with van der Waals surface area (Å²) in [5.74, 6) is 0.575. The Morgan fingerprint density at radius 3 is 2.47 bits per heavy atom. The van der Waals surface area contributed by atoms with Gasteiger partial charge in [-0.2, -0.15) is 0 Å². The Bertz CT molecular complexity index is 1060. The lowest BCUT2D eigenvalue weighted by atomic mass is 10.1. The van der Waals surface area contributed by atoms with E-state index >= 15 is 0 Å². The number of fused-ring (bicyclic) bond motifs is 1. The molecule has 1 aromatic heterocycles. The summed E-state index contributed by atoms with van der Waals surface area (Å²) < 4.78 is 30.1. The van der Waals surface area contributed by atoms with Gasteiger partial charge in [0.15, 0.2) is 0 Å². The number of amides is 1. The first-order valence-electron chi connectivity index (χ1n) is 9.54. The number of nitrogens with zero attached hydrogens (tertiary/aromatic N) is 2. The molecule has 1 N–H and O–H groups in total. The molecule has 1 aliphatic heterocycles. The van der Waals surface area contributed by atoms with Gasteiger partial charge in [0.05, 0.1) is 44.2 Å². The summed E-state index contributed by atoms with van der Waals surface area (Å²) >= 11 is 0. The van der Waals surface area contributed by atoms with Crippen molar-refractivity contribution in [3.8, 4) is 11.5 Å². The fraction of sp³-hybridized carbons (Fsp3) is 0.273. The number of nitrogens with one attached hydrogen (secondary N) is 1. The first kappa shape index (κ1) is 19.9. The van der Waals surface area contributed by atoms with Gasteiger partial charge in [0.2, 0.25) is 0 Å². The van der Waals surface area contributed by atoms with Crippen molar-refractivity contribution in [2.75, 3.05) is 45.8 Å². The number of ether oxygens (including phenoxy) is 3. The van der Waals surface area contributed by atoms with Crippen LogP contribution in [0.5, 0.6) is 11.5 Å². The van der Waals surface area contributed by atoms with E-state index in [0.29, 0.717) is 65.6 Å². The van der Waals surface area contributed by atoms with Gasteiger partial charge in [0.1, 0.15) is 17.3 Å². The molecule has 0 spiro atoms. The Balaban J connectivity index is 1.83. The van der Waals surface area contributed by atoms with Crippen molar-refractivity contribution in [3.63, 3.8) is 0 Å². The van der Waals surface area contributed by atoms with Crippen molar-refractivity contribution < 1.29 is 23.4 Å². The smallest absolute Gasteiger partial charge is 0.257 e. The van der Waals surface area contributed by atoms with Gasteiger partial charge in [-0.15, -0.1) is 0 Å². The number of aromatic nitrogens is 1. The van der Waals surface area contributed by atoms with Crippen LogP contribution in [-0.2, 0) is 4.74 Å². The zero-order valence-electron chi connectivity index (χ0n) is 16.8. The lowest BCUT2D eigenvalue weighted by molar-refractivity contribution is 0.0303. The number of anilines is 2. The van der Waals surface area contributed by atoms with Crippen molar-refractivity contribution >= 4 is 28.2 Å². The minimum atomic E-state index is -0.411. The van der Waals surface area contributed by atoms with E-state index in [0.717, 1.165) is 0 Å². The van der Waals surface area contributed by atoms with Gasteiger partial charge in [0.25, 0.3) is 5.91 Å². The second-order valence-corrected chi connectivity index (χ2v) is 6.84. The summed E-state index contributed by atoms with van der Waals surface area (Å²) in [5, 5.41) is 3.78. The monoisotopic (exact) mass is 411 g/mol. The van der Waals surface area contributed by atoms with Crippen molar-refractivity contribution in [1.82, 2.24) is 9.88 Å². The molecule has 0 unspecified atom stereocenters. The van der Waals surface area contributed by atoms with Crippen LogP contribution in [0.4, 0.5) is 15.8 Å². The molecular weight excluding hydrogens is 389 g/mol. The molecule has 1 amide bonds. The predicted octanol–water partition coefficient (Wildman–Crippen LogP) is 3.61. The number of morpholine rings is 1. The van der Waals surface area contributed by atoms with E-state index < -0.39 is 5.82 Å². The normalized spacial score (nSPS) is 13.9. The molecule has 2 aromatic carbocycles. The summed E-state index contributed by atoms with van der Waals surface area (Å²) in [7, 11) is 3.12. The van der Waals surface area contributed by atoms with E-state index in [9.17, 15) is 9.18 Å². The molecule has 4 rings (SSSR count). The molecule has 1 fully saturated rings. The quantitative estimate of drug-likeness (QED) is 0.692. The molecule has 8 heteroatoms. The molecule has 30 heavy (non-hydrogen) atoms. The van der Waals surface area contributed by atoms with Crippen molar-refractivity contribution in [1.29, 1.82) is 0 Å². The Kier molecular flexibility index (Phi) is 5.67. The molecule has 0 bridgehead atoms.